The Balaban J connectivity index is 2.28. The predicted molar refractivity (Wildman–Crippen MR) is 89.6 cm³/mol. The number of nitrogens with zero attached hydrogens (tertiary/aromatic N) is 3. The molecule has 0 saturated heterocycles. The Labute approximate surface area is 150 Å². The smallest absolute Gasteiger partial charge is 0.189 e. The molecule has 1 fully saturated rings. The molecule has 2 aliphatic carbocycles. The fourth-order valence-electron chi connectivity index (χ4n) is 4.29. The Bertz CT molecular complexity index is 915. The number of hydrogen-bond donors (Lipinski definition) is 1. The molecule has 1 aromatic carbocycles. The molecule has 1 unspecified atom stereocenters. The fraction of sp³-hybridized carbons (Fsp3) is 0.400. The number of allylic oxidation sites excluding steroid dienone is 2. The maximum atomic E-state index is 13.9. The number of halogens is 2. The minimum absolute atomic E-state index is 0.262. The molecule has 2 aliphatic rings. The lowest BCUT2D eigenvalue weighted by Gasteiger charge is -2.46. The maximum absolute atomic E-state index is 13.9. The summed E-state index contributed by atoms with van der Waals surface area (Å²) in [4.78, 5) is 0. The van der Waals surface area contributed by atoms with Gasteiger partial charge in [0, 0.05) is 5.92 Å². The average Bonchev–Trinajstić information content (AvgIpc) is 2.63. The van der Waals surface area contributed by atoms with Crippen molar-refractivity contribution in [3.05, 3.63) is 47.0 Å². The van der Waals surface area contributed by atoms with Crippen LogP contribution in [0.3, 0.4) is 0 Å². The summed E-state index contributed by atoms with van der Waals surface area (Å²) in [5.41, 5.74) is -1.15. The second-order valence-corrected chi connectivity index (χ2v) is 7.05. The highest BCUT2D eigenvalue weighted by atomic mass is 19.2. The van der Waals surface area contributed by atoms with Gasteiger partial charge in [-0.15, -0.1) is 0 Å². The van der Waals surface area contributed by atoms with Gasteiger partial charge in [0.2, 0.25) is 0 Å². The molecule has 0 aliphatic heterocycles. The van der Waals surface area contributed by atoms with Crippen LogP contribution in [0.2, 0.25) is 0 Å². The summed E-state index contributed by atoms with van der Waals surface area (Å²) in [6, 6.07) is 9.25. The van der Waals surface area contributed by atoms with Gasteiger partial charge in [-0.05, 0) is 47.9 Å². The Morgan fingerprint density at radius 3 is 2.42 bits per heavy atom. The first kappa shape index (κ1) is 17.8. The van der Waals surface area contributed by atoms with Crippen molar-refractivity contribution >= 4 is 5.71 Å². The molecular formula is C20H16F2N4. The fourth-order valence-corrected chi connectivity index (χ4v) is 4.29. The van der Waals surface area contributed by atoms with Gasteiger partial charge in [-0.25, -0.2) is 8.78 Å². The highest BCUT2D eigenvalue weighted by molar-refractivity contribution is 6.00. The van der Waals surface area contributed by atoms with Crippen molar-refractivity contribution in [3.63, 3.8) is 0 Å². The molecule has 0 aromatic heterocycles. The lowest BCUT2D eigenvalue weighted by molar-refractivity contribution is 0.282. The summed E-state index contributed by atoms with van der Waals surface area (Å²) in [6.07, 6.45) is 3.27. The van der Waals surface area contributed by atoms with Crippen LogP contribution in [0.15, 0.2) is 29.8 Å². The first-order valence-electron chi connectivity index (χ1n) is 8.35. The monoisotopic (exact) mass is 350 g/mol. The third-order valence-electron chi connectivity index (χ3n) is 5.54. The molecular weight excluding hydrogens is 334 g/mol. The minimum atomic E-state index is -1.89. The van der Waals surface area contributed by atoms with E-state index in [1.807, 2.05) is 25.1 Å². The number of fused-ring (bicyclic) bond motifs is 1. The molecule has 6 heteroatoms. The SMILES string of the molecule is C[C@@H]1CC=C2C(C#N)C(=N)C(C#N)(C#N)[C@H](c3ccc(F)c(F)c3)[C@H]2C1. The van der Waals surface area contributed by atoms with E-state index >= 15 is 0 Å². The molecule has 0 amide bonds. The number of hydrogen-bond acceptors (Lipinski definition) is 4. The van der Waals surface area contributed by atoms with Gasteiger partial charge in [0.05, 0.1) is 23.9 Å². The van der Waals surface area contributed by atoms with E-state index in [0.29, 0.717) is 17.6 Å². The van der Waals surface area contributed by atoms with E-state index in [1.54, 1.807) is 0 Å². The van der Waals surface area contributed by atoms with Crippen LogP contribution in [0, 0.1) is 74.2 Å². The van der Waals surface area contributed by atoms with Crippen LogP contribution in [0.25, 0.3) is 0 Å². The molecule has 0 heterocycles. The molecule has 3 rings (SSSR count). The van der Waals surface area contributed by atoms with Crippen LogP contribution in [0.1, 0.15) is 31.2 Å². The molecule has 26 heavy (non-hydrogen) atoms. The van der Waals surface area contributed by atoms with Gasteiger partial charge < -0.3 is 5.41 Å². The third kappa shape index (κ3) is 2.40. The van der Waals surface area contributed by atoms with Crippen molar-refractivity contribution < 1.29 is 8.78 Å². The summed E-state index contributed by atoms with van der Waals surface area (Å²) in [7, 11) is 0. The van der Waals surface area contributed by atoms with Crippen LogP contribution in [0.5, 0.6) is 0 Å². The molecule has 1 N–H and O–H groups in total. The number of nitriles is 3. The summed E-state index contributed by atoms with van der Waals surface area (Å²) in [5.74, 6) is -3.91. The maximum Gasteiger partial charge on any atom is 0.189 e. The topological polar surface area (TPSA) is 95.2 Å². The van der Waals surface area contributed by atoms with Gasteiger partial charge in [0.25, 0.3) is 0 Å². The highest BCUT2D eigenvalue weighted by Crippen LogP contribution is 2.55. The average molecular weight is 350 g/mol. The normalized spacial score (nSPS) is 29.5. The summed E-state index contributed by atoms with van der Waals surface area (Å²) < 4.78 is 27.3. The number of nitrogens with one attached hydrogen (secondary N) is 1. The van der Waals surface area contributed by atoms with E-state index in [0.717, 1.165) is 18.6 Å². The Morgan fingerprint density at radius 1 is 1.15 bits per heavy atom. The second-order valence-electron chi connectivity index (χ2n) is 7.05. The number of rotatable bonds is 1. The molecule has 0 bridgehead atoms. The third-order valence-corrected chi connectivity index (χ3v) is 5.54. The Hall–Kier alpha value is -3.04. The van der Waals surface area contributed by atoms with Crippen LogP contribution in [0.4, 0.5) is 8.78 Å². The van der Waals surface area contributed by atoms with E-state index in [4.69, 9.17) is 5.41 Å². The zero-order valence-electron chi connectivity index (χ0n) is 14.1. The van der Waals surface area contributed by atoms with E-state index < -0.39 is 28.9 Å². The summed E-state index contributed by atoms with van der Waals surface area (Å²) in [5, 5.41) is 37.6. The van der Waals surface area contributed by atoms with Crippen molar-refractivity contribution in [3.8, 4) is 18.2 Å². The zero-order valence-corrected chi connectivity index (χ0v) is 14.1. The standard InChI is InChI=1S/C20H16F2N4/c1-11-2-4-13-14(6-11)18(12-3-5-16(21)17(22)7-12)20(9-24,10-25)19(26)15(13)8-23/h3-5,7,11,14-15,18,26H,2,6H2,1H3/t11-,14+,15?,18-/m1/s1. The van der Waals surface area contributed by atoms with Crippen molar-refractivity contribution in [2.75, 3.05) is 0 Å². The lowest BCUT2D eigenvalue weighted by atomic mass is 9.52. The van der Waals surface area contributed by atoms with Crippen LogP contribution >= 0.6 is 0 Å². The molecule has 130 valence electrons. The van der Waals surface area contributed by atoms with E-state index in [2.05, 4.69) is 6.07 Å². The Kier molecular flexibility index (Phi) is 4.34. The molecule has 0 spiro atoms. The van der Waals surface area contributed by atoms with E-state index in [1.165, 1.54) is 6.07 Å². The van der Waals surface area contributed by atoms with Gasteiger partial charge >= 0.3 is 0 Å². The van der Waals surface area contributed by atoms with Gasteiger partial charge in [0.15, 0.2) is 17.0 Å². The van der Waals surface area contributed by atoms with Crippen molar-refractivity contribution in [1.29, 1.82) is 21.2 Å². The van der Waals surface area contributed by atoms with Crippen molar-refractivity contribution in [2.24, 2.45) is 23.2 Å². The van der Waals surface area contributed by atoms with E-state index in [-0.39, 0.29) is 17.5 Å². The van der Waals surface area contributed by atoms with Gasteiger partial charge in [-0.1, -0.05) is 19.1 Å². The zero-order chi connectivity index (χ0) is 19.1. The quantitative estimate of drug-likeness (QED) is 0.768. The predicted octanol–water partition coefficient (Wildman–Crippen LogP) is 4.23. The van der Waals surface area contributed by atoms with Gasteiger partial charge in [-0.3, -0.25) is 0 Å². The van der Waals surface area contributed by atoms with Crippen molar-refractivity contribution in [2.45, 2.75) is 25.7 Å². The van der Waals surface area contributed by atoms with Gasteiger partial charge in [-0.2, -0.15) is 15.8 Å². The van der Waals surface area contributed by atoms with Gasteiger partial charge in [0.1, 0.15) is 5.92 Å². The Morgan fingerprint density at radius 2 is 1.85 bits per heavy atom. The van der Waals surface area contributed by atoms with E-state index in [9.17, 15) is 24.6 Å². The molecule has 4 atom stereocenters. The lowest BCUT2D eigenvalue weighted by Crippen LogP contribution is -2.49. The second kappa shape index (κ2) is 6.36. The first-order valence-corrected chi connectivity index (χ1v) is 8.35. The minimum Gasteiger partial charge on any atom is -0.305 e. The van der Waals surface area contributed by atoms with Crippen molar-refractivity contribution in [1.82, 2.24) is 0 Å². The molecule has 1 saturated carbocycles. The number of benzene rings is 1. The van der Waals surface area contributed by atoms with Crippen LogP contribution in [-0.2, 0) is 0 Å². The summed E-state index contributed by atoms with van der Waals surface area (Å²) >= 11 is 0. The van der Waals surface area contributed by atoms with Crippen LogP contribution < -0.4 is 0 Å². The first-order chi connectivity index (χ1) is 12.4. The highest BCUT2D eigenvalue weighted by Gasteiger charge is 2.57. The largest absolute Gasteiger partial charge is 0.305 e. The van der Waals surface area contributed by atoms with Crippen LogP contribution in [-0.4, -0.2) is 5.71 Å². The molecule has 0 radical (unpaired) electrons. The molecule has 4 nitrogen and oxygen atoms in total. The summed E-state index contributed by atoms with van der Waals surface area (Å²) in [6.45, 7) is 2.03. The molecule has 1 aromatic rings.